The minimum Gasteiger partial charge on any atom is -0.211 e. The molecule has 0 heterocycles. The van der Waals surface area contributed by atoms with Gasteiger partial charge in [0.15, 0.2) is 5.75 Å². The molecule has 0 aliphatic rings. The lowest BCUT2D eigenvalue weighted by molar-refractivity contribution is 0.584. The summed E-state index contributed by atoms with van der Waals surface area (Å²) in [6, 6.07) is 6.73. The van der Waals surface area contributed by atoms with Crippen LogP contribution in [0.25, 0.3) is 0 Å². The zero-order valence-electron chi connectivity index (χ0n) is 8.41. The van der Waals surface area contributed by atoms with E-state index in [1.165, 1.54) is 30.3 Å². The van der Waals surface area contributed by atoms with Gasteiger partial charge in [0.1, 0.15) is 0 Å². The Morgan fingerprint density at radius 2 is 1.62 bits per heavy atom. The molecule has 86 valence electrons. The molecule has 0 saturated heterocycles. The number of hydrogen-bond acceptors (Lipinski definition) is 5. The standard InChI is InChI=1S/C9H9NO4S2/c1-8-2-4-9(5-3-8)16(13,14)15(11,12)7-6-10/h2-5H,7H2,1H3. The van der Waals surface area contributed by atoms with Crippen LogP contribution in [0.5, 0.6) is 0 Å². The van der Waals surface area contributed by atoms with Crippen molar-refractivity contribution in [2.45, 2.75) is 11.8 Å². The van der Waals surface area contributed by atoms with Gasteiger partial charge in [0.25, 0.3) is 17.7 Å². The number of nitrogens with zero attached hydrogens (tertiary/aromatic N) is 1. The summed E-state index contributed by atoms with van der Waals surface area (Å²) in [4.78, 5) is -0.312. The van der Waals surface area contributed by atoms with Crippen LogP contribution in [-0.2, 0) is 17.7 Å². The molecule has 0 radical (unpaired) electrons. The summed E-state index contributed by atoms with van der Waals surface area (Å²) in [6.45, 7) is 1.75. The van der Waals surface area contributed by atoms with Crippen molar-refractivity contribution in [1.29, 1.82) is 5.26 Å². The molecule has 0 N–H and O–H groups in total. The lowest BCUT2D eigenvalue weighted by Gasteiger charge is -2.03. The fourth-order valence-corrected chi connectivity index (χ4v) is 3.92. The Morgan fingerprint density at radius 1 is 1.12 bits per heavy atom. The summed E-state index contributed by atoms with van der Waals surface area (Å²) < 4.78 is 45.9. The third-order valence-electron chi connectivity index (χ3n) is 1.89. The second kappa shape index (κ2) is 4.23. The van der Waals surface area contributed by atoms with E-state index in [0.717, 1.165) is 5.56 Å². The predicted molar refractivity (Wildman–Crippen MR) is 57.8 cm³/mol. The Balaban J connectivity index is 3.35. The highest BCUT2D eigenvalue weighted by atomic mass is 33.2. The van der Waals surface area contributed by atoms with E-state index < -0.39 is 23.5 Å². The van der Waals surface area contributed by atoms with E-state index in [-0.39, 0.29) is 4.90 Å². The van der Waals surface area contributed by atoms with Crippen molar-refractivity contribution < 1.29 is 16.8 Å². The second-order valence-electron chi connectivity index (χ2n) is 3.13. The molecule has 5 nitrogen and oxygen atoms in total. The van der Waals surface area contributed by atoms with E-state index in [4.69, 9.17) is 5.26 Å². The van der Waals surface area contributed by atoms with Crippen LogP contribution >= 0.6 is 0 Å². The van der Waals surface area contributed by atoms with E-state index in [1.807, 2.05) is 0 Å². The maximum Gasteiger partial charge on any atom is 0.283 e. The zero-order chi connectivity index (χ0) is 12.4. The molecule has 0 atom stereocenters. The number of aryl methyl sites for hydroxylation is 1. The van der Waals surface area contributed by atoms with Crippen LogP contribution in [-0.4, -0.2) is 22.6 Å². The first-order chi connectivity index (χ1) is 7.31. The highest BCUT2D eigenvalue weighted by Crippen LogP contribution is 2.17. The molecular weight excluding hydrogens is 250 g/mol. The van der Waals surface area contributed by atoms with Gasteiger partial charge in [0, 0.05) is 0 Å². The lowest BCUT2D eigenvalue weighted by atomic mass is 10.2. The van der Waals surface area contributed by atoms with E-state index in [9.17, 15) is 16.8 Å². The Kier molecular flexibility index (Phi) is 3.35. The van der Waals surface area contributed by atoms with Gasteiger partial charge in [-0.2, -0.15) is 5.26 Å². The smallest absolute Gasteiger partial charge is 0.211 e. The Hall–Kier alpha value is -1.39. The van der Waals surface area contributed by atoms with E-state index in [0.29, 0.717) is 0 Å². The molecule has 16 heavy (non-hydrogen) atoms. The van der Waals surface area contributed by atoms with Crippen LogP contribution in [0.2, 0.25) is 0 Å². The second-order valence-corrected chi connectivity index (χ2v) is 8.75. The molecule has 0 amide bonds. The Morgan fingerprint density at radius 3 is 2.06 bits per heavy atom. The maximum absolute atomic E-state index is 11.6. The van der Waals surface area contributed by atoms with Crippen molar-refractivity contribution in [2.24, 2.45) is 0 Å². The molecule has 0 aliphatic heterocycles. The van der Waals surface area contributed by atoms with Gasteiger partial charge in [-0.1, -0.05) is 17.7 Å². The molecule has 1 rings (SSSR count). The molecule has 0 spiro atoms. The molecule has 0 aromatic heterocycles. The summed E-state index contributed by atoms with van der Waals surface area (Å²) in [6.07, 6.45) is 0. The SMILES string of the molecule is Cc1ccc(S(=O)(=O)S(=O)(=O)CC#N)cc1. The maximum atomic E-state index is 11.6. The Labute approximate surface area is 93.6 Å². The summed E-state index contributed by atoms with van der Waals surface area (Å²) in [5, 5.41) is 8.26. The monoisotopic (exact) mass is 259 g/mol. The normalized spacial score (nSPS) is 12.0. The Bertz CT molecular complexity index is 621. The van der Waals surface area contributed by atoms with E-state index in [2.05, 4.69) is 0 Å². The molecular formula is C9H9NO4S2. The largest absolute Gasteiger partial charge is 0.283 e. The van der Waals surface area contributed by atoms with Gasteiger partial charge in [-0.3, -0.25) is 0 Å². The van der Waals surface area contributed by atoms with Crippen LogP contribution in [0.1, 0.15) is 5.56 Å². The molecule has 0 fully saturated rings. The first-order valence-corrected chi connectivity index (χ1v) is 7.88. The summed E-state index contributed by atoms with van der Waals surface area (Å²) >= 11 is 0. The molecule has 1 aromatic carbocycles. The average molecular weight is 259 g/mol. The quantitative estimate of drug-likeness (QED) is 0.742. The van der Waals surface area contributed by atoms with Gasteiger partial charge < -0.3 is 0 Å². The van der Waals surface area contributed by atoms with Crippen molar-refractivity contribution in [2.75, 3.05) is 5.75 Å². The van der Waals surface area contributed by atoms with Crippen LogP contribution in [0, 0.1) is 18.3 Å². The lowest BCUT2D eigenvalue weighted by Crippen LogP contribution is -2.18. The molecule has 0 saturated carbocycles. The number of benzene rings is 1. The topological polar surface area (TPSA) is 92.1 Å². The molecule has 1 aromatic rings. The van der Waals surface area contributed by atoms with Crippen molar-refractivity contribution in [3.63, 3.8) is 0 Å². The molecule has 0 bridgehead atoms. The minimum atomic E-state index is -4.47. The van der Waals surface area contributed by atoms with Gasteiger partial charge in [0.2, 0.25) is 0 Å². The highest BCUT2D eigenvalue weighted by Gasteiger charge is 2.31. The fourth-order valence-electron chi connectivity index (χ4n) is 1.01. The van der Waals surface area contributed by atoms with Crippen LogP contribution in [0.15, 0.2) is 29.2 Å². The average Bonchev–Trinajstić information content (AvgIpc) is 2.18. The number of nitriles is 1. The van der Waals surface area contributed by atoms with Crippen LogP contribution in [0.3, 0.4) is 0 Å². The molecule has 0 aliphatic carbocycles. The van der Waals surface area contributed by atoms with Crippen molar-refractivity contribution in [3.8, 4) is 6.07 Å². The van der Waals surface area contributed by atoms with Crippen LogP contribution < -0.4 is 0 Å². The van der Waals surface area contributed by atoms with E-state index >= 15 is 0 Å². The van der Waals surface area contributed by atoms with Gasteiger partial charge in [-0.25, -0.2) is 16.8 Å². The number of rotatable bonds is 3. The van der Waals surface area contributed by atoms with Crippen molar-refractivity contribution in [3.05, 3.63) is 29.8 Å². The van der Waals surface area contributed by atoms with E-state index in [1.54, 1.807) is 6.92 Å². The third-order valence-corrected chi connectivity index (χ3v) is 6.82. The van der Waals surface area contributed by atoms with Crippen LogP contribution in [0.4, 0.5) is 0 Å². The van der Waals surface area contributed by atoms with Gasteiger partial charge >= 0.3 is 0 Å². The summed E-state index contributed by atoms with van der Waals surface area (Å²) in [5.74, 6) is -1.04. The fraction of sp³-hybridized carbons (Fsp3) is 0.222. The predicted octanol–water partition coefficient (Wildman–Crippen LogP) is 0.622. The zero-order valence-corrected chi connectivity index (χ0v) is 10.0. The molecule has 0 unspecified atom stereocenters. The van der Waals surface area contributed by atoms with Gasteiger partial charge in [-0.15, -0.1) is 0 Å². The summed E-state index contributed by atoms with van der Waals surface area (Å²) in [7, 11) is -8.93. The first-order valence-electron chi connectivity index (χ1n) is 4.22. The minimum absolute atomic E-state index is 0.312. The van der Waals surface area contributed by atoms with Crippen molar-refractivity contribution >= 4 is 17.7 Å². The highest BCUT2D eigenvalue weighted by molar-refractivity contribution is 8.67. The third kappa shape index (κ3) is 2.23. The van der Waals surface area contributed by atoms with Crippen molar-refractivity contribution in [1.82, 2.24) is 0 Å². The summed E-state index contributed by atoms with van der Waals surface area (Å²) in [5.41, 5.74) is 0.816. The first kappa shape index (κ1) is 12.7. The number of hydrogen-bond donors (Lipinski definition) is 0. The van der Waals surface area contributed by atoms with Gasteiger partial charge in [-0.05, 0) is 19.1 Å². The van der Waals surface area contributed by atoms with Gasteiger partial charge in [0.05, 0.1) is 11.0 Å². The molecule has 7 heteroatoms.